The molecule has 4 rings (SSSR count). The lowest BCUT2D eigenvalue weighted by molar-refractivity contribution is 0.413. The molecule has 3 heterocycles. The van der Waals surface area contributed by atoms with Gasteiger partial charge < -0.3 is 14.3 Å². The summed E-state index contributed by atoms with van der Waals surface area (Å²) in [4.78, 5) is 23.6. The maximum absolute atomic E-state index is 12.2. The van der Waals surface area contributed by atoms with Crippen LogP contribution in [0.4, 0.5) is 0 Å². The van der Waals surface area contributed by atoms with E-state index < -0.39 is 0 Å². The van der Waals surface area contributed by atoms with Crippen molar-refractivity contribution in [3.05, 3.63) is 82.8 Å². The molecule has 0 saturated carbocycles. The predicted octanol–water partition coefficient (Wildman–Crippen LogP) is 2.71. The second-order valence-corrected chi connectivity index (χ2v) is 5.69. The van der Waals surface area contributed by atoms with E-state index in [0.717, 1.165) is 11.3 Å². The number of aromatic nitrogens is 4. The molecule has 4 aromatic rings. The second-order valence-electron chi connectivity index (χ2n) is 5.69. The van der Waals surface area contributed by atoms with Crippen LogP contribution in [-0.2, 0) is 6.42 Å². The van der Waals surface area contributed by atoms with E-state index in [2.05, 4.69) is 15.0 Å². The molecule has 0 bridgehead atoms. The number of rotatable bonds is 4. The van der Waals surface area contributed by atoms with Gasteiger partial charge in [0.1, 0.15) is 17.1 Å². The number of methoxy groups -OCH3 is 1. The first-order chi connectivity index (χ1) is 12.2. The van der Waals surface area contributed by atoms with Gasteiger partial charge in [-0.25, -0.2) is 9.97 Å². The summed E-state index contributed by atoms with van der Waals surface area (Å²) >= 11 is 0. The Morgan fingerprint density at radius 3 is 2.64 bits per heavy atom. The quantitative estimate of drug-likeness (QED) is 0.624. The number of hydrogen-bond acceptors (Lipinski definition) is 4. The minimum atomic E-state index is -0.244. The molecule has 0 amide bonds. The highest BCUT2D eigenvalue weighted by Gasteiger charge is 2.07. The Balaban J connectivity index is 1.65. The largest absolute Gasteiger partial charge is 0.495 e. The van der Waals surface area contributed by atoms with Crippen LogP contribution in [0.2, 0.25) is 0 Å². The monoisotopic (exact) mass is 332 g/mol. The summed E-state index contributed by atoms with van der Waals surface area (Å²) in [5, 5.41) is 0. The van der Waals surface area contributed by atoms with Crippen LogP contribution in [0.25, 0.3) is 16.7 Å². The zero-order chi connectivity index (χ0) is 17.2. The van der Waals surface area contributed by atoms with Crippen LogP contribution in [-0.4, -0.2) is 26.6 Å². The molecular formula is C19H16N4O2. The number of nitrogens with zero attached hydrogens (tertiary/aromatic N) is 3. The van der Waals surface area contributed by atoms with E-state index in [-0.39, 0.29) is 5.56 Å². The number of pyridine rings is 1. The molecule has 3 aromatic heterocycles. The van der Waals surface area contributed by atoms with Gasteiger partial charge in [-0.05, 0) is 29.8 Å². The Bertz CT molecular complexity index is 1070. The molecule has 0 aliphatic carbocycles. The third kappa shape index (κ3) is 3.01. The van der Waals surface area contributed by atoms with Crippen LogP contribution in [0.3, 0.4) is 0 Å². The Morgan fingerprint density at radius 1 is 1.16 bits per heavy atom. The van der Waals surface area contributed by atoms with Gasteiger partial charge in [0.25, 0.3) is 5.56 Å². The van der Waals surface area contributed by atoms with Crippen molar-refractivity contribution < 1.29 is 4.74 Å². The van der Waals surface area contributed by atoms with Gasteiger partial charge in [0.15, 0.2) is 5.52 Å². The van der Waals surface area contributed by atoms with Crippen molar-refractivity contribution in [3.8, 4) is 11.4 Å². The van der Waals surface area contributed by atoms with Crippen molar-refractivity contribution in [1.82, 2.24) is 19.5 Å². The van der Waals surface area contributed by atoms with Crippen molar-refractivity contribution in [2.75, 3.05) is 7.11 Å². The molecule has 6 heteroatoms. The van der Waals surface area contributed by atoms with Gasteiger partial charge in [0.2, 0.25) is 0 Å². The van der Waals surface area contributed by atoms with E-state index in [1.54, 1.807) is 13.2 Å². The highest BCUT2D eigenvalue weighted by atomic mass is 16.5. The molecule has 0 aliphatic heterocycles. The molecule has 124 valence electrons. The van der Waals surface area contributed by atoms with E-state index >= 15 is 0 Å². The molecule has 0 atom stereocenters. The first-order valence-electron chi connectivity index (χ1n) is 7.88. The molecular weight excluding hydrogens is 316 g/mol. The minimum absolute atomic E-state index is 0.244. The van der Waals surface area contributed by atoms with Gasteiger partial charge >= 0.3 is 0 Å². The van der Waals surface area contributed by atoms with E-state index in [4.69, 9.17) is 4.74 Å². The smallest absolute Gasteiger partial charge is 0.277 e. The molecule has 0 unspecified atom stereocenters. The normalized spacial score (nSPS) is 10.9. The van der Waals surface area contributed by atoms with Crippen molar-refractivity contribution in [1.29, 1.82) is 0 Å². The average Bonchev–Trinajstić information content (AvgIpc) is 3.16. The standard InChI is InChI=1S/C19H16N4O2/c1-25-15-11-16-18(20-12-15)19(24)22-17(21-16)10-13-4-6-14(7-5-13)23-8-2-3-9-23/h2-9,11-12H,10H2,1H3,(H,21,22,24). The van der Waals surface area contributed by atoms with Gasteiger partial charge in [-0.3, -0.25) is 4.79 Å². The molecule has 0 saturated heterocycles. The molecule has 0 fully saturated rings. The fraction of sp³-hybridized carbons (Fsp3) is 0.105. The number of nitrogens with one attached hydrogen (secondary N) is 1. The third-order valence-corrected chi connectivity index (χ3v) is 4.02. The lowest BCUT2D eigenvalue weighted by Crippen LogP contribution is -2.13. The molecule has 0 radical (unpaired) electrons. The first kappa shape index (κ1) is 15.1. The van der Waals surface area contributed by atoms with E-state index in [9.17, 15) is 4.79 Å². The second kappa shape index (κ2) is 6.24. The summed E-state index contributed by atoms with van der Waals surface area (Å²) in [5.74, 6) is 1.17. The van der Waals surface area contributed by atoms with Crippen LogP contribution in [0, 0.1) is 0 Å². The highest BCUT2D eigenvalue weighted by molar-refractivity contribution is 5.74. The van der Waals surface area contributed by atoms with E-state index in [0.29, 0.717) is 29.0 Å². The topological polar surface area (TPSA) is 72.8 Å². The highest BCUT2D eigenvalue weighted by Crippen LogP contribution is 2.15. The molecule has 25 heavy (non-hydrogen) atoms. The van der Waals surface area contributed by atoms with Gasteiger partial charge in [-0.2, -0.15) is 0 Å². The predicted molar refractivity (Wildman–Crippen MR) is 95.3 cm³/mol. The zero-order valence-electron chi connectivity index (χ0n) is 13.6. The third-order valence-electron chi connectivity index (χ3n) is 4.02. The number of aromatic amines is 1. The summed E-state index contributed by atoms with van der Waals surface area (Å²) in [6, 6.07) is 13.8. The molecule has 1 N–H and O–H groups in total. The SMILES string of the molecule is COc1cnc2c(=O)[nH]c(Cc3ccc(-n4cccc4)cc3)nc2c1. The number of benzene rings is 1. The van der Waals surface area contributed by atoms with Crippen LogP contribution < -0.4 is 10.3 Å². The molecule has 1 aromatic carbocycles. The van der Waals surface area contributed by atoms with E-state index in [1.165, 1.54) is 6.20 Å². The molecule has 0 aliphatic rings. The Morgan fingerprint density at radius 2 is 1.92 bits per heavy atom. The van der Waals surface area contributed by atoms with Crippen LogP contribution >= 0.6 is 0 Å². The fourth-order valence-corrected chi connectivity index (χ4v) is 2.74. The number of hydrogen-bond donors (Lipinski definition) is 1. The summed E-state index contributed by atoms with van der Waals surface area (Å²) in [5.41, 5.74) is 2.75. The van der Waals surface area contributed by atoms with Crippen molar-refractivity contribution >= 4 is 11.0 Å². The van der Waals surface area contributed by atoms with Gasteiger partial charge in [-0.1, -0.05) is 12.1 Å². The lowest BCUT2D eigenvalue weighted by Gasteiger charge is -2.06. The van der Waals surface area contributed by atoms with Crippen LogP contribution in [0.1, 0.15) is 11.4 Å². The minimum Gasteiger partial charge on any atom is -0.495 e. The lowest BCUT2D eigenvalue weighted by atomic mass is 10.1. The number of H-pyrrole nitrogens is 1. The Labute approximate surface area is 143 Å². The van der Waals surface area contributed by atoms with Crippen molar-refractivity contribution in [2.24, 2.45) is 0 Å². The van der Waals surface area contributed by atoms with Crippen LogP contribution in [0.15, 0.2) is 65.8 Å². The summed E-state index contributed by atoms with van der Waals surface area (Å²) in [6.45, 7) is 0. The summed E-state index contributed by atoms with van der Waals surface area (Å²) in [7, 11) is 1.56. The maximum Gasteiger partial charge on any atom is 0.277 e. The van der Waals surface area contributed by atoms with Gasteiger partial charge in [0, 0.05) is 30.6 Å². The van der Waals surface area contributed by atoms with Crippen molar-refractivity contribution in [2.45, 2.75) is 6.42 Å². The van der Waals surface area contributed by atoms with Gasteiger partial charge in [0.05, 0.1) is 13.3 Å². The fourth-order valence-electron chi connectivity index (χ4n) is 2.74. The Hall–Kier alpha value is -3.41. The van der Waals surface area contributed by atoms with Gasteiger partial charge in [-0.15, -0.1) is 0 Å². The molecule has 6 nitrogen and oxygen atoms in total. The maximum atomic E-state index is 12.2. The average molecular weight is 332 g/mol. The first-order valence-corrected chi connectivity index (χ1v) is 7.88. The summed E-state index contributed by atoms with van der Waals surface area (Å²) < 4.78 is 7.19. The number of ether oxygens (including phenoxy) is 1. The van der Waals surface area contributed by atoms with Crippen molar-refractivity contribution in [3.63, 3.8) is 0 Å². The molecule has 0 spiro atoms. The Kier molecular flexibility index (Phi) is 3.78. The van der Waals surface area contributed by atoms with Crippen LogP contribution in [0.5, 0.6) is 5.75 Å². The number of fused-ring (bicyclic) bond motifs is 1. The zero-order valence-corrected chi connectivity index (χ0v) is 13.6. The van der Waals surface area contributed by atoms with E-state index in [1.807, 2.05) is 53.4 Å². The summed E-state index contributed by atoms with van der Waals surface area (Å²) in [6.07, 6.45) is 6.04.